The van der Waals surface area contributed by atoms with Gasteiger partial charge in [-0.25, -0.2) is 0 Å². The number of nitrogens with zero attached hydrogens (tertiary/aromatic N) is 5. The highest BCUT2D eigenvalue weighted by Gasteiger charge is 2.17. The van der Waals surface area contributed by atoms with Crippen LogP contribution in [0.15, 0.2) is 17.2 Å². The highest BCUT2D eigenvalue weighted by molar-refractivity contribution is 7.99. The van der Waals surface area contributed by atoms with Crippen molar-refractivity contribution in [2.45, 2.75) is 36.0 Å². The Morgan fingerprint density at radius 3 is 3.00 bits per heavy atom. The van der Waals surface area contributed by atoms with Gasteiger partial charge in [0.2, 0.25) is 0 Å². The predicted octanol–water partition coefficient (Wildman–Crippen LogP) is 1.55. The summed E-state index contributed by atoms with van der Waals surface area (Å²) in [6, 6.07) is 3.90. The zero-order valence-corrected chi connectivity index (χ0v) is 9.02. The van der Waals surface area contributed by atoms with Gasteiger partial charge in [0.05, 0.1) is 0 Å². The molecule has 0 unspecified atom stereocenters. The van der Waals surface area contributed by atoms with Crippen LogP contribution < -0.4 is 0 Å². The SMILES string of the molecule is c1cc2nnnn2nc1SC1CCCC1. The molecule has 0 N–H and O–H groups in total. The van der Waals surface area contributed by atoms with Gasteiger partial charge >= 0.3 is 0 Å². The highest BCUT2D eigenvalue weighted by atomic mass is 32.2. The average molecular weight is 221 g/mol. The van der Waals surface area contributed by atoms with Crippen molar-refractivity contribution in [3.63, 3.8) is 0 Å². The molecular formula is C9H11N5S. The third-order valence-electron chi connectivity index (χ3n) is 2.63. The van der Waals surface area contributed by atoms with Crippen LogP contribution in [0.2, 0.25) is 0 Å². The lowest BCUT2D eigenvalue weighted by atomic mass is 10.4. The summed E-state index contributed by atoms with van der Waals surface area (Å²) in [5.41, 5.74) is 0.700. The first kappa shape index (κ1) is 9.08. The zero-order chi connectivity index (χ0) is 10.1. The third kappa shape index (κ3) is 1.81. The summed E-state index contributed by atoms with van der Waals surface area (Å²) in [5.74, 6) is 0. The van der Waals surface area contributed by atoms with Gasteiger partial charge in [-0.1, -0.05) is 12.8 Å². The molecule has 5 nitrogen and oxygen atoms in total. The van der Waals surface area contributed by atoms with Crippen LogP contribution >= 0.6 is 11.8 Å². The van der Waals surface area contributed by atoms with Gasteiger partial charge in [-0.15, -0.1) is 26.6 Å². The minimum atomic E-state index is 0.700. The second kappa shape index (κ2) is 3.77. The number of rotatable bonds is 2. The number of aromatic nitrogens is 5. The van der Waals surface area contributed by atoms with Gasteiger partial charge in [-0.2, -0.15) is 0 Å². The number of fused-ring (bicyclic) bond motifs is 1. The van der Waals surface area contributed by atoms with E-state index in [0.29, 0.717) is 5.65 Å². The Bertz CT molecular complexity index is 462. The topological polar surface area (TPSA) is 56.0 Å². The molecule has 0 aliphatic heterocycles. The first-order valence-electron chi connectivity index (χ1n) is 5.14. The van der Waals surface area contributed by atoms with Crippen molar-refractivity contribution in [1.29, 1.82) is 0 Å². The zero-order valence-electron chi connectivity index (χ0n) is 8.20. The van der Waals surface area contributed by atoms with Crippen molar-refractivity contribution >= 4 is 17.4 Å². The second-order valence-electron chi connectivity index (χ2n) is 3.72. The van der Waals surface area contributed by atoms with Crippen molar-refractivity contribution in [3.8, 4) is 0 Å². The maximum absolute atomic E-state index is 4.34. The number of hydrogen-bond donors (Lipinski definition) is 0. The molecule has 0 aromatic carbocycles. The smallest absolute Gasteiger partial charge is 0.140 e. The van der Waals surface area contributed by atoms with E-state index in [1.807, 2.05) is 23.9 Å². The van der Waals surface area contributed by atoms with E-state index in [-0.39, 0.29) is 0 Å². The van der Waals surface area contributed by atoms with Crippen LogP contribution in [0.25, 0.3) is 5.65 Å². The van der Waals surface area contributed by atoms with Crippen molar-refractivity contribution < 1.29 is 0 Å². The molecule has 0 radical (unpaired) electrons. The van der Waals surface area contributed by atoms with Gasteiger partial charge in [0.25, 0.3) is 0 Å². The van der Waals surface area contributed by atoms with Gasteiger partial charge in [0, 0.05) is 5.25 Å². The minimum absolute atomic E-state index is 0.700. The molecule has 15 heavy (non-hydrogen) atoms. The Balaban J connectivity index is 1.84. The fourth-order valence-corrected chi connectivity index (χ4v) is 3.05. The molecule has 0 saturated heterocycles. The molecule has 78 valence electrons. The third-order valence-corrected chi connectivity index (χ3v) is 3.90. The maximum Gasteiger partial charge on any atom is 0.200 e. The van der Waals surface area contributed by atoms with E-state index in [1.54, 1.807) is 0 Å². The van der Waals surface area contributed by atoms with E-state index in [0.717, 1.165) is 10.3 Å². The molecule has 3 rings (SSSR count). The molecule has 1 aliphatic carbocycles. The van der Waals surface area contributed by atoms with Crippen molar-refractivity contribution in [1.82, 2.24) is 25.3 Å². The molecule has 2 heterocycles. The molecule has 1 aliphatic rings. The Kier molecular flexibility index (Phi) is 2.28. The van der Waals surface area contributed by atoms with Gasteiger partial charge in [-0.05, 0) is 35.4 Å². The van der Waals surface area contributed by atoms with Crippen LogP contribution in [0.4, 0.5) is 0 Å². The van der Waals surface area contributed by atoms with Crippen molar-refractivity contribution in [2.24, 2.45) is 0 Å². The molecule has 2 aromatic rings. The molecule has 1 saturated carbocycles. The van der Waals surface area contributed by atoms with E-state index in [1.165, 1.54) is 30.3 Å². The summed E-state index contributed by atoms with van der Waals surface area (Å²) in [5, 5.41) is 17.3. The van der Waals surface area contributed by atoms with Gasteiger partial charge in [-0.3, -0.25) is 0 Å². The predicted molar refractivity (Wildman–Crippen MR) is 56.7 cm³/mol. The van der Waals surface area contributed by atoms with E-state index < -0.39 is 0 Å². The maximum atomic E-state index is 4.34. The van der Waals surface area contributed by atoms with E-state index >= 15 is 0 Å². The summed E-state index contributed by atoms with van der Waals surface area (Å²) in [6.07, 6.45) is 5.32. The van der Waals surface area contributed by atoms with E-state index in [9.17, 15) is 0 Å². The van der Waals surface area contributed by atoms with Crippen molar-refractivity contribution in [2.75, 3.05) is 0 Å². The van der Waals surface area contributed by atoms with Crippen LogP contribution in [0.5, 0.6) is 0 Å². The molecule has 0 spiro atoms. The van der Waals surface area contributed by atoms with Crippen LogP contribution in [-0.2, 0) is 0 Å². The molecule has 0 amide bonds. The number of tetrazole rings is 1. The lowest BCUT2D eigenvalue weighted by molar-refractivity contribution is 0.701. The lowest BCUT2D eigenvalue weighted by Gasteiger charge is -2.06. The van der Waals surface area contributed by atoms with Gasteiger partial charge in [0.15, 0.2) is 5.65 Å². The van der Waals surface area contributed by atoms with Crippen LogP contribution in [0, 0.1) is 0 Å². The Morgan fingerprint density at radius 2 is 2.13 bits per heavy atom. The first-order chi connectivity index (χ1) is 7.42. The highest BCUT2D eigenvalue weighted by Crippen LogP contribution is 2.33. The largest absolute Gasteiger partial charge is 0.200 e. The Morgan fingerprint density at radius 1 is 1.27 bits per heavy atom. The number of hydrogen-bond acceptors (Lipinski definition) is 5. The molecule has 2 aromatic heterocycles. The molecule has 1 fully saturated rings. The molecule has 6 heteroatoms. The fourth-order valence-electron chi connectivity index (χ4n) is 1.87. The van der Waals surface area contributed by atoms with Crippen LogP contribution in [0.3, 0.4) is 0 Å². The summed E-state index contributed by atoms with van der Waals surface area (Å²) in [4.78, 5) is 0. The normalized spacial score (nSPS) is 17.6. The Hall–Kier alpha value is -1.17. The first-order valence-corrected chi connectivity index (χ1v) is 6.02. The summed E-state index contributed by atoms with van der Waals surface area (Å²) in [6.45, 7) is 0. The molecule has 0 bridgehead atoms. The molecular weight excluding hydrogens is 210 g/mol. The standard InChI is InChI=1S/C9H11N5S/c1-2-4-7(3-1)15-9-6-5-8-10-12-13-14(8)11-9/h5-7H,1-4H2. The average Bonchev–Trinajstić information content (AvgIpc) is 2.87. The van der Waals surface area contributed by atoms with Crippen LogP contribution in [0.1, 0.15) is 25.7 Å². The van der Waals surface area contributed by atoms with E-state index in [2.05, 4.69) is 20.6 Å². The second-order valence-corrected chi connectivity index (χ2v) is 5.04. The Labute approximate surface area is 91.2 Å². The monoisotopic (exact) mass is 221 g/mol. The summed E-state index contributed by atoms with van der Waals surface area (Å²) < 4.78 is 1.48. The minimum Gasteiger partial charge on any atom is -0.140 e. The number of thioether (sulfide) groups is 1. The fraction of sp³-hybridized carbons (Fsp3) is 0.556. The van der Waals surface area contributed by atoms with Crippen LogP contribution in [-0.4, -0.2) is 30.5 Å². The van der Waals surface area contributed by atoms with Crippen molar-refractivity contribution in [3.05, 3.63) is 12.1 Å². The molecule has 0 atom stereocenters. The van der Waals surface area contributed by atoms with Gasteiger partial charge in [0.1, 0.15) is 5.03 Å². The quantitative estimate of drug-likeness (QED) is 0.770. The summed E-state index contributed by atoms with van der Waals surface area (Å²) >= 11 is 1.84. The lowest BCUT2D eigenvalue weighted by Crippen LogP contribution is -1.99. The van der Waals surface area contributed by atoms with Gasteiger partial charge < -0.3 is 0 Å². The summed E-state index contributed by atoms with van der Waals surface area (Å²) in [7, 11) is 0. The van der Waals surface area contributed by atoms with E-state index in [4.69, 9.17) is 0 Å².